The molecule has 0 fully saturated rings. The van der Waals surface area contributed by atoms with Gasteiger partial charge in [0, 0.05) is 5.54 Å². The van der Waals surface area contributed by atoms with E-state index in [1.54, 1.807) is 0 Å². The van der Waals surface area contributed by atoms with Gasteiger partial charge in [-0.2, -0.15) is 0 Å². The van der Waals surface area contributed by atoms with Crippen LogP contribution in [-0.4, -0.2) is 11.4 Å². The number of carbonyl (C=O) groups excluding carboxylic acids is 1. The Hall–Kier alpha value is -1.81. The van der Waals surface area contributed by atoms with Crippen LogP contribution in [0.5, 0.6) is 5.75 Å². The van der Waals surface area contributed by atoms with Gasteiger partial charge < -0.3 is 10.1 Å². The molecular weight excluding hydrogens is 270 g/mol. The van der Waals surface area contributed by atoms with Gasteiger partial charge in [0.25, 0.3) is 5.91 Å². The molecule has 0 radical (unpaired) electrons. The number of benzene rings is 1. The van der Waals surface area contributed by atoms with Crippen molar-refractivity contribution < 1.29 is 9.53 Å². The Bertz CT molecular complexity index is 570. The fourth-order valence-electron chi connectivity index (χ4n) is 1.71. The van der Waals surface area contributed by atoms with E-state index in [0.29, 0.717) is 17.2 Å². The second-order valence-electron chi connectivity index (χ2n) is 5.59. The van der Waals surface area contributed by atoms with Crippen LogP contribution in [0, 0.1) is 0 Å². The standard InChI is InChI=1S/C16H19NO2S/c1-16(2,3)17-15(18)14-13(9-10-20-14)19-11-12-7-5-4-6-8-12/h4-10H,11H2,1-3H3,(H,17,18). The van der Waals surface area contributed by atoms with Crippen LogP contribution < -0.4 is 10.1 Å². The van der Waals surface area contributed by atoms with E-state index in [4.69, 9.17) is 4.74 Å². The summed E-state index contributed by atoms with van der Waals surface area (Å²) in [5.41, 5.74) is 0.832. The quantitative estimate of drug-likeness (QED) is 0.928. The zero-order valence-electron chi connectivity index (χ0n) is 12.0. The van der Waals surface area contributed by atoms with Crippen molar-refractivity contribution in [2.75, 3.05) is 0 Å². The molecule has 2 rings (SSSR count). The highest BCUT2D eigenvalue weighted by molar-refractivity contribution is 7.12. The Balaban J connectivity index is 2.03. The topological polar surface area (TPSA) is 38.3 Å². The van der Waals surface area contributed by atoms with Crippen LogP contribution in [-0.2, 0) is 6.61 Å². The number of hydrogen-bond acceptors (Lipinski definition) is 3. The maximum absolute atomic E-state index is 12.2. The highest BCUT2D eigenvalue weighted by atomic mass is 32.1. The van der Waals surface area contributed by atoms with Gasteiger partial charge in [0.1, 0.15) is 17.2 Å². The largest absolute Gasteiger partial charge is 0.487 e. The lowest BCUT2D eigenvalue weighted by Crippen LogP contribution is -2.40. The van der Waals surface area contributed by atoms with Crippen LogP contribution >= 0.6 is 11.3 Å². The molecule has 0 saturated heterocycles. The van der Waals surface area contributed by atoms with Crippen molar-refractivity contribution in [1.82, 2.24) is 5.32 Å². The zero-order valence-corrected chi connectivity index (χ0v) is 12.8. The molecule has 20 heavy (non-hydrogen) atoms. The second-order valence-corrected chi connectivity index (χ2v) is 6.51. The van der Waals surface area contributed by atoms with Crippen molar-refractivity contribution in [3.63, 3.8) is 0 Å². The first-order valence-corrected chi connectivity index (χ1v) is 7.40. The highest BCUT2D eigenvalue weighted by Crippen LogP contribution is 2.26. The van der Waals surface area contributed by atoms with E-state index in [2.05, 4.69) is 5.32 Å². The predicted molar refractivity (Wildman–Crippen MR) is 82.3 cm³/mol. The first kappa shape index (κ1) is 14.6. The monoisotopic (exact) mass is 289 g/mol. The minimum absolute atomic E-state index is 0.0874. The van der Waals surface area contributed by atoms with Crippen molar-refractivity contribution in [2.45, 2.75) is 32.9 Å². The second kappa shape index (κ2) is 6.09. The summed E-state index contributed by atoms with van der Waals surface area (Å²) in [5, 5.41) is 4.82. The Labute approximate surface area is 123 Å². The van der Waals surface area contributed by atoms with Crippen LogP contribution in [0.15, 0.2) is 41.8 Å². The summed E-state index contributed by atoms with van der Waals surface area (Å²) in [4.78, 5) is 12.8. The van der Waals surface area contributed by atoms with Gasteiger partial charge in [-0.15, -0.1) is 11.3 Å². The van der Waals surface area contributed by atoms with Crippen molar-refractivity contribution >= 4 is 17.2 Å². The maximum Gasteiger partial charge on any atom is 0.265 e. The van der Waals surface area contributed by atoms with Crippen molar-refractivity contribution in [1.29, 1.82) is 0 Å². The third-order valence-corrected chi connectivity index (χ3v) is 3.46. The molecule has 0 bridgehead atoms. The van der Waals surface area contributed by atoms with E-state index in [1.165, 1.54) is 11.3 Å². The van der Waals surface area contributed by atoms with E-state index >= 15 is 0 Å². The summed E-state index contributed by atoms with van der Waals surface area (Å²) >= 11 is 1.40. The minimum atomic E-state index is -0.252. The van der Waals surface area contributed by atoms with E-state index in [1.807, 2.05) is 62.5 Å². The first-order chi connectivity index (χ1) is 9.46. The molecule has 1 aromatic carbocycles. The van der Waals surface area contributed by atoms with Gasteiger partial charge in [-0.3, -0.25) is 4.79 Å². The van der Waals surface area contributed by atoms with E-state index in [0.717, 1.165) is 5.56 Å². The molecule has 4 heteroatoms. The van der Waals surface area contributed by atoms with Gasteiger partial charge in [0.2, 0.25) is 0 Å². The smallest absolute Gasteiger partial charge is 0.265 e. The average Bonchev–Trinajstić information content (AvgIpc) is 2.84. The van der Waals surface area contributed by atoms with Gasteiger partial charge in [-0.25, -0.2) is 0 Å². The fourth-order valence-corrected chi connectivity index (χ4v) is 2.44. The molecule has 1 N–H and O–H groups in total. The minimum Gasteiger partial charge on any atom is -0.487 e. The van der Waals surface area contributed by atoms with Crippen LogP contribution in [0.1, 0.15) is 36.0 Å². The van der Waals surface area contributed by atoms with Gasteiger partial charge in [-0.05, 0) is 37.8 Å². The van der Waals surface area contributed by atoms with Crippen LogP contribution in [0.25, 0.3) is 0 Å². The molecule has 1 amide bonds. The van der Waals surface area contributed by atoms with E-state index < -0.39 is 0 Å². The zero-order chi connectivity index (χ0) is 14.6. The van der Waals surface area contributed by atoms with Gasteiger partial charge in [-0.1, -0.05) is 30.3 Å². The average molecular weight is 289 g/mol. The van der Waals surface area contributed by atoms with Gasteiger partial charge >= 0.3 is 0 Å². The molecule has 1 aromatic heterocycles. The molecule has 2 aromatic rings. The van der Waals surface area contributed by atoms with Gasteiger partial charge in [0.15, 0.2) is 0 Å². The van der Waals surface area contributed by atoms with Crippen LogP contribution in [0.3, 0.4) is 0 Å². The summed E-state index contributed by atoms with van der Waals surface area (Å²) in [6.07, 6.45) is 0. The number of amides is 1. The molecule has 1 heterocycles. The third-order valence-electron chi connectivity index (χ3n) is 2.56. The number of carbonyl (C=O) groups is 1. The Kier molecular flexibility index (Phi) is 4.45. The van der Waals surface area contributed by atoms with Crippen molar-refractivity contribution in [3.05, 3.63) is 52.2 Å². The molecule has 0 unspecified atom stereocenters. The number of nitrogens with one attached hydrogen (secondary N) is 1. The highest BCUT2D eigenvalue weighted by Gasteiger charge is 2.19. The Morgan fingerprint density at radius 1 is 1.20 bits per heavy atom. The van der Waals surface area contributed by atoms with Gasteiger partial charge in [0.05, 0.1) is 0 Å². The Morgan fingerprint density at radius 3 is 2.55 bits per heavy atom. The van der Waals surface area contributed by atoms with Crippen LogP contribution in [0.2, 0.25) is 0 Å². The summed E-state index contributed by atoms with van der Waals surface area (Å²) in [6.45, 7) is 6.35. The molecule has 0 aliphatic carbocycles. The molecule has 0 aliphatic heterocycles. The number of rotatable bonds is 4. The lowest BCUT2D eigenvalue weighted by molar-refractivity contribution is 0.0919. The summed E-state index contributed by atoms with van der Waals surface area (Å²) in [6, 6.07) is 11.8. The van der Waals surface area contributed by atoms with E-state index in [9.17, 15) is 4.79 Å². The fraction of sp³-hybridized carbons (Fsp3) is 0.312. The SMILES string of the molecule is CC(C)(C)NC(=O)c1sccc1OCc1ccccc1. The first-order valence-electron chi connectivity index (χ1n) is 6.52. The normalized spacial score (nSPS) is 11.2. The molecule has 0 atom stereocenters. The third kappa shape index (κ3) is 4.10. The Morgan fingerprint density at radius 2 is 1.90 bits per heavy atom. The molecule has 3 nitrogen and oxygen atoms in total. The molecule has 106 valence electrons. The van der Waals surface area contributed by atoms with Crippen molar-refractivity contribution in [2.24, 2.45) is 0 Å². The summed E-state index contributed by atoms with van der Waals surface area (Å²) in [7, 11) is 0. The summed E-state index contributed by atoms with van der Waals surface area (Å²) < 4.78 is 5.75. The number of hydrogen-bond donors (Lipinski definition) is 1. The molecule has 0 aliphatic rings. The molecular formula is C16H19NO2S. The van der Waals surface area contributed by atoms with E-state index in [-0.39, 0.29) is 11.4 Å². The lowest BCUT2D eigenvalue weighted by Gasteiger charge is -2.20. The number of thiophene rings is 1. The number of ether oxygens (including phenoxy) is 1. The molecule has 0 spiro atoms. The maximum atomic E-state index is 12.2. The molecule has 0 saturated carbocycles. The summed E-state index contributed by atoms with van der Waals surface area (Å²) in [5.74, 6) is 0.552. The van der Waals surface area contributed by atoms with Crippen LogP contribution in [0.4, 0.5) is 0 Å². The lowest BCUT2D eigenvalue weighted by atomic mass is 10.1. The van der Waals surface area contributed by atoms with Crippen molar-refractivity contribution in [3.8, 4) is 5.75 Å². The predicted octanol–water partition coefficient (Wildman–Crippen LogP) is 3.86.